The second-order valence-corrected chi connectivity index (χ2v) is 27.5. The first-order chi connectivity index (χ1) is 37.5. The van der Waals surface area contributed by atoms with Crippen LogP contribution in [0.3, 0.4) is 0 Å². The predicted octanol–water partition coefficient (Wildman–Crippen LogP) is 19.2. The van der Waals surface area contributed by atoms with Crippen LogP contribution in [0.1, 0.15) is 155 Å². The minimum atomic E-state index is -0.169. The molecule has 2 aliphatic heterocycles. The minimum absolute atomic E-state index is 0.00656. The predicted molar refractivity (Wildman–Crippen MR) is 342 cm³/mol. The molecule has 12 rings (SSSR count). The van der Waals surface area contributed by atoms with Gasteiger partial charge in [0.15, 0.2) is 0 Å². The molecule has 2 nitrogen and oxygen atoms in total. The van der Waals surface area contributed by atoms with Crippen LogP contribution in [0.2, 0.25) is 0 Å². The normalized spacial score (nSPS) is 15.4. The van der Waals surface area contributed by atoms with Gasteiger partial charge < -0.3 is 9.80 Å². The SMILES string of the molecule is CC(C)c1cc2c3c(c1)N(c1ccc(C(C)(C)C)cc1-c1cc(-c4ccccc4)cc(-c4ccccc4)c1)c1cc4c(cc1B3c1cc(C(C)(C)C)ccc1N2c1ccc(C(C)(C)c2ccccc2)cc1)C(C)(C)CCC4(C)C. The van der Waals surface area contributed by atoms with E-state index in [0.717, 1.165) is 12.8 Å². The molecule has 0 atom stereocenters. The van der Waals surface area contributed by atoms with Crippen LogP contribution in [0.25, 0.3) is 33.4 Å². The third-order valence-electron chi connectivity index (χ3n) is 18.5. The van der Waals surface area contributed by atoms with E-state index in [0.29, 0.717) is 0 Å². The standard InChI is InChI=1S/C76H79BN2/c1-49(2)52-43-69-71-70(44-52)79(66-36-32-58(72(3,4)5)45-61(66)55-41-53(50-24-18-15-19-25-50)40-54(42-55)51-26-20-16-21-27-51)68-48-63-62(74(9,10)38-39-75(63,11)12)47-65(68)77(71)64-46-59(73(6,7)8)33-37-67(64)78(69)60-34-30-57(31-35-60)76(13,14)56-28-22-17-23-29-56/h15-37,40-49H,38-39H2,1-14H3. The van der Waals surface area contributed by atoms with Gasteiger partial charge in [-0.3, -0.25) is 0 Å². The maximum Gasteiger partial charge on any atom is 0.252 e. The van der Waals surface area contributed by atoms with E-state index in [2.05, 4.69) is 301 Å². The summed E-state index contributed by atoms with van der Waals surface area (Å²) in [5, 5.41) is 0. The maximum absolute atomic E-state index is 2.73. The second-order valence-electron chi connectivity index (χ2n) is 27.5. The van der Waals surface area contributed by atoms with E-state index in [9.17, 15) is 0 Å². The molecule has 0 saturated heterocycles. The molecular formula is C76H79BN2. The highest BCUT2D eigenvalue weighted by Gasteiger charge is 2.47. The number of fused-ring (bicyclic) bond motifs is 5. The molecular weight excluding hydrogens is 952 g/mol. The zero-order chi connectivity index (χ0) is 55.6. The zero-order valence-corrected chi connectivity index (χ0v) is 49.4. The molecule has 0 radical (unpaired) electrons. The largest absolute Gasteiger partial charge is 0.311 e. The fraction of sp³-hybridized carbons (Fsp3) is 0.289. The van der Waals surface area contributed by atoms with E-state index >= 15 is 0 Å². The van der Waals surface area contributed by atoms with Gasteiger partial charge in [0.25, 0.3) is 6.71 Å². The lowest BCUT2D eigenvalue weighted by molar-refractivity contribution is 0.332. The van der Waals surface area contributed by atoms with E-state index in [1.165, 1.54) is 123 Å². The molecule has 0 bridgehead atoms. The first-order valence-corrected chi connectivity index (χ1v) is 29.2. The van der Waals surface area contributed by atoms with Gasteiger partial charge in [-0.25, -0.2) is 0 Å². The molecule has 3 aliphatic rings. The molecule has 396 valence electrons. The van der Waals surface area contributed by atoms with Gasteiger partial charge in [-0.15, -0.1) is 0 Å². The Kier molecular flexibility index (Phi) is 12.5. The Bertz CT molecular complexity index is 3730. The van der Waals surface area contributed by atoms with E-state index in [4.69, 9.17) is 0 Å². The lowest BCUT2D eigenvalue weighted by Crippen LogP contribution is -2.62. The van der Waals surface area contributed by atoms with Crippen molar-refractivity contribution >= 4 is 57.2 Å². The summed E-state index contributed by atoms with van der Waals surface area (Å²) in [4.78, 5) is 5.35. The highest BCUT2D eigenvalue weighted by Crippen LogP contribution is 2.53. The number of anilines is 6. The fourth-order valence-corrected chi connectivity index (χ4v) is 13.3. The van der Waals surface area contributed by atoms with Crippen molar-refractivity contribution in [3.8, 4) is 33.4 Å². The van der Waals surface area contributed by atoms with Crippen LogP contribution in [0.5, 0.6) is 0 Å². The second kappa shape index (κ2) is 18.9. The van der Waals surface area contributed by atoms with Crippen LogP contribution in [0.15, 0.2) is 194 Å². The third kappa shape index (κ3) is 9.06. The number of nitrogens with zero attached hydrogens (tertiary/aromatic N) is 2. The molecule has 0 unspecified atom stereocenters. The Morgan fingerprint density at radius 1 is 0.392 bits per heavy atom. The van der Waals surface area contributed by atoms with Crippen LogP contribution in [-0.4, -0.2) is 6.71 Å². The van der Waals surface area contributed by atoms with Gasteiger partial charge in [-0.2, -0.15) is 0 Å². The van der Waals surface area contributed by atoms with Gasteiger partial charge in [0.1, 0.15) is 0 Å². The van der Waals surface area contributed by atoms with Crippen LogP contribution >= 0.6 is 0 Å². The Hall–Kier alpha value is -7.36. The molecule has 79 heavy (non-hydrogen) atoms. The van der Waals surface area contributed by atoms with Crippen molar-refractivity contribution in [2.75, 3.05) is 9.80 Å². The number of hydrogen-bond donors (Lipinski definition) is 0. The van der Waals surface area contributed by atoms with Crippen LogP contribution in [0, 0.1) is 0 Å². The van der Waals surface area contributed by atoms with E-state index < -0.39 is 0 Å². The molecule has 3 heteroatoms. The number of benzene rings is 9. The van der Waals surface area contributed by atoms with Crippen molar-refractivity contribution in [2.24, 2.45) is 0 Å². The highest BCUT2D eigenvalue weighted by atomic mass is 15.2. The summed E-state index contributed by atoms with van der Waals surface area (Å²) in [5.74, 6) is 0.269. The summed E-state index contributed by atoms with van der Waals surface area (Å²) in [6.45, 7) is 33.6. The van der Waals surface area contributed by atoms with Gasteiger partial charge in [-0.05, 0) is 190 Å². The van der Waals surface area contributed by atoms with Crippen molar-refractivity contribution in [1.29, 1.82) is 0 Å². The van der Waals surface area contributed by atoms with Crippen LogP contribution < -0.4 is 26.2 Å². The summed E-state index contributed by atoms with van der Waals surface area (Å²) in [5.41, 5.74) is 28.1. The molecule has 0 amide bonds. The van der Waals surface area contributed by atoms with E-state index in [-0.39, 0.29) is 39.7 Å². The van der Waals surface area contributed by atoms with Crippen LogP contribution in [0.4, 0.5) is 34.1 Å². The van der Waals surface area contributed by atoms with Gasteiger partial charge in [0, 0.05) is 39.4 Å². The average molecular weight is 1030 g/mol. The fourth-order valence-electron chi connectivity index (χ4n) is 13.3. The Balaban J connectivity index is 1.19. The third-order valence-corrected chi connectivity index (χ3v) is 18.5. The molecule has 0 N–H and O–H groups in total. The van der Waals surface area contributed by atoms with Gasteiger partial charge in [0.05, 0.1) is 5.69 Å². The monoisotopic (exact) mass is 1030 g/mol. The smallest absolute Gasteiger partial charge is 0.252 e. The lowest BCUT2D eigenvalue weighted by Gasteiger charge is -2.48. The molecule has 1 aliphatic carbocycles. The summed E-state index contributed by atoms with van der Waals surface area (Å²) in [6.07, 6.45) is 2.29. The summed E-state index contributed by atoms with van der Waals surface area (Å²) in [7, 11) is 0. The Labute approximate surface area is 473 Å². The summed E-state index contributed by atoms with van der Waals surface area (Å²) >= 11 is 0. The van der Waals surface area contributed by atoms with Crippen molar-refractivity contribution < 1.29 is 0 Å². The van der Waals surface area contributed by atoms with Crippen LogP contribution in [-0.2, 0) is 27.1 Å². The molecule has 2 heterocycles. The van der Waals surface area contributed by atoms with Crippen molar-refractivity contribution in [3.63, 3.8) is 0 Å². The summed E-state index contributed by atoms with van der Waals surface area (Å²) in [6, 6.07) is 75.0. The first kappa shape index (κ1) is 52.3. The molecule has 9 aromatic carbocycles. The maximum atomic E-state index is 2.73. The van der Waals surface area contributed by atoms with E-state index in [1.807, 2.05) is 0 Å². The average Bonchev–Trinajstić information content (AvgIpc) is 3.63. The van der Waals surface area contributed by atoms with Gasteiger partial charge >= 0.3 is 0 Å². The lowest BCUT2D eigenvalue weighted by atomic mass is 9.33. The van der Waals surface area contributed by atoms with Gasteiger partial charge in [-0.1, -0.05) is 224 Å². The minimum Gasteiger partial charge on any atom is -0.311 e. The molecule has 0 saturated carbocycles. The number of hydrogen-bond acceptors (Lipinski definition) is 2. The van der Waals surface area contributed by atoms with Crippen molar-refractivity contribution in [1.82, 2.24) is 0 Å². The molecule has 0 aromatic heterocycles. The van der Waals surface area contributed by atoms with Crippen molar-refractivity contribution in [2.45, 2.75) is 143 Å². The highest BCUT2D eigenvalue weighted by molar-refractivity contribution is 7.00. The van der Waals surface area contributed by atoms with Crippen molar-refractivity contribution in [3.05, 3.63) is 233 Å². The van der Waals surface area contributed by atoms with E-state index in [1.54, 1.807) is 0 Å². The molecule has 0 fully saturated rings. The first-order valence-electron chi connectivity index (χ1n) is 29.2. The summed E-state index contributed by atoms with van der Waals surface area (Å²) < 4.78 is 0. The molecule has 9 aromatic rings. The van der Waals surface area contributed by atoms with Gasteiger partial charge in [0.2, 0.25) is 0 Å². The zero-order valence-electron chi connectivity index (χ0n) is 49.4. The molecule has 0 spiro atoms. The number of rotatable bonds is 8. The quantitative estimate of drug-likeness (QED) is 0.140. The Morgan fingerprint density at radius 3 is 1.39 bits per heavy atom. The topological polar surface area (TPSA) is 6.48 Å². The Morgan fingerprint density at radius 2 is 0.848 bits per heavy atom.